The van der Waals surface area contributed by atoms with Gasteiger partial charge in [-0.15, -0.1) is 0 Å². The van der Waals surface area contributed by atoms with Gasteiger partial charge in [0.25, 0.3) is 10.0 Å². The number of ether oxygens (including phenoxy) is 1. The van der Waals surface area contributed by atoms with E-state index in [9.17, 15) is 17.6 Å². The Morgan fingerprint density at radius 1 is 1.17 bits per heavy atom. The highest BCUT2D eigenvalue weighted by molar-refractivity contribution is 7.92. The Balaban J connectivity index is 1.85. The number of hydrogen-bond acceptors (Lipinski definition) is 6. The summed E-state index contributed by atoms with van der Waals surface area (Å²) < 4.78 is 47.1. The average Bonchev–Trinajstić information content (AvgIpc) is 2.64. The maximum Gasteiger partial charge on any atom is 0.267 e. The first-order valence-corrected chi connectivity index (χ1v) is 9.96. The van der Waals surface area contributed by atoms with E-state index in [0.717, 1.165) is 12.1 Å². The summed E-state index contributed by atoms with van der Waals surface area (Å²) in [5.74, 6) is -1.33. The number of carbonyl (C=O) groups excluding carboxylic acids is 1. The van der Waals surface area contributed by atoms with Gasteiger partial charge in [-0.05, 0) is 18.2 Å². The van der Waals surface area contributed by atoms with E-state index >= 15 is 0 Å². The highest BCUT2D eigenvalue weighted by atomic mass is 35.5. The molecular formula is C18H14ClFN4O4S. The van der Waals surface area contributed by atoms with Crippen molar-refractivity contribution in [2.75, 3.05) is 10.0 Å². The smallest absolute Gasteiger partial charge is 0.267 e. The van der Waals surface area contributed by atoms with E-state index < -0.39 is 26.6 Å². The van der Waals surface area contributed by atoms with E-state index in [2.05, 4.69) is 20.0 Å². The predicted octanol–water partition coefficient (Wildman–Crippen LogP) is 3.82. The van der Waals surface area contributed by atoms with Gasteiger partial charge in [-0.3, -0.25) is 4.79 Å². The molecule has 0 bridgehead atoms. The molecule has 1 heterocycles. The zero-order valence-corrected chi connectivity index (χ0v) is 16.5. The van der Waals surface area contributed by atoms with Crippen LogP contribution in [0.1, 0.15) is 6.92 Å². The van der Waals surface area contributed by atoms with Crippen LogP contribution in [0.3, 0.4) is 0 Å². The van der Waals surface area contributed by atoms with E-state index in [0.29, 0.717) is 5.75 Å². The van der Waals surface area contributed by atoms with Gasteiger partial charge < -0.3 is 10.1 Å². The van der Waals surface area contributed by atoms with Crippen molar-refractivity contribution in [3.05, 3.63) is 65.6 Å². The number of para-hydroxylation sites is 1. The lowest BCUT2D eigenvalue weighted by molar-refractivity contribution is -0.114. The van der Waals surface area contributed by atoms with Crippen molar-refractivity contribution in [2.24, 2.45) is 0 Å². The third kappa shape index (κ3) is 5.18. The zero-order valence-electron chi connectivity index (χ0n) is 14.9. The molecule has 0 saturated heterocycles. The van der Waals surface area contributed by atoms with Crippen LogP contribution in [0.5, 0.6) is 11.6 Å². The van der Waals surface area contributed by atoms with Crippen molar-refractivity contribution in [3.8, 4) is 11.6 Å². The molecule has 0 aliphatic carbocycles. The molecule has 0 aliphatic heterocycles. The molecule has 2 N–H and O–H groups in total. The van der Waals surface area contributed by atoms with Gasteiger partial charge in [-0.25, -0.2) is 22.5 Å². The third-order valence-corrected chi connectivity index (χ3v) is 5.10. The second-order valence-electron chi connectivity index (χ2n) is 5.68. The maximum atomic E-state index is 14.4. The number of rotatable bonds is 6. The molecule has 29 heavy (non-hydrogen) atoms. The Kier molecular flexibility index (Phi) is 5.95. The predicted molar refractivity (Wildman–Crippen MR) is 105 cm³/mol. The van der Waals surface area contributed by atoms with Crippen LogP contribution in [0, 0.1) is 5.82 Å². The van der Waals surface area contributed by atoms with Crippen molar-refractivity contribution in [3.63, 3.8) is 0 Å². The topological polar surface area (TPSA) is 110 Å². The Hall–Kier alpha value is -3.24. The number of amides is 1. The van der Waals surface area contributed by atoms with Crippen LogP contribution in [-0.2, 0) is 14.8 Å². The molecule has 0 saturated carbocycles. The summed E-state index contributed by atoms with van der Waals surface area (Å²) in [6, 6.07) is 11.9. The summed E-state index contributed by atoms with van der Waals surface area (Å²) in [4.78, 5) is 18.1. The second-order valence-corrected chi connectivity index (χ2v) is 7.74. The van der Waals surface area contributed by atoms with Crippen LogP contribution < -0.4 is 14.8 Å². The van der Waals surface area contributed by atoms with Gasteiger partial charge in [0, 0.05) is 25.3 Å². The van der Waals surface area contributed by atoms with Crippen LogP contribution in [-0.4, -0.2) is 24.3 Å². The molecule has 0 atom stereocenters. The first-order valence-electron chi connectivity index (χ1n) is 8.10. The number of benzene rings is 2. The molecule has 150 valence electrons. The van der Waals surface area contributed by atoms with E-state index in [4.69, 9.17) is 16.3 Å². The second kappa shape index (κ2) is 8.41. The van der Waals surface area contributed by atoms with Crippen molar-refractivity contribution in [1.82, 2.24) is 9.97 Å². The van der Waals surface area contributed by atoms with Crippen molar-refractivity contribution >= 4 is 39.2 Å². The zero-order chi connectivity index (χ0) is 21.0. The Bertz CT molecular complexity index is 1160. The largest absolute Gasteiger partial charge is 0.439 e. The minimum atomic E-state index is -4.40. The van der Waals surface area contributed by atoms with E-state index in [1.807, 2.05) is 6.07 Å². The third-order valence-electron chi connectivity index (χ3n) is 3.44. The number of aromatic nitrogens is 2. The standard InChI is InChI=1S/C18H14ClFN4O4S/c1-11(25)22-15-10-14(20)16(9-13(15)19)29(26,27)24-18-21-8-7-17(23-18)28-12-5-3-2-4-6-12/h2-10H,1H3,(H,22,25)(H,21,23,24). The summed E-state index contributed by atoms with van der Waals surface area (Å²) in [5, 5.41) is 2.16. The molecule has 3 rings (SSSR count). The minimum Gasteiger partial charge on any atom is -0.439 e. The van der Waals surface area contributed by atoms with Crippen LogP contribution in [0.15, 0.2) is 59.6 Å². The molecule has 0 fully saturated rings. The number of hydrogen-bond donors (Lipinski definition) is 2. The summed E-state index contributed by atoms with van der Waals surface area (Å²) in [7, 11) is -4.40. The SMILES string of the molecule is CC(=O)Nc1cc(F)c(S(=O)(=O)Nc2nccc(Oc3ccccc3)n2)cc1Cl. The van der Waals surface area contributed by atoms with Crippen molar-refractivity contribution < 1.29 is 22.3 Å². The molecule has 0 unspecified atom stereocenters. The number of nitrogens with one attached hydrogen (secondary N) is 2. The van der Waals surface area contributed by atoms with Crippen LogP contribution in [0.25, 0.3) is 0 Å². The molecule has 0 spiro atoms. The van der Waals surface area contributed by atoms with Gasteiger partial charge in [0.05, 0.1) is 10.7 Å². The molecule has 3 aromatic rings. The van der Waals surface area contributed by atoms with E-state index in [-0.39, 0.29) is 22.5 Å². The molecule has 11 heteroatoms. The maximum absolute atomic E-state index is 14.4. The summed E-state index contributed by atoms with van der Waals surface area (Å²) in [6.07, 6.45) is 1.28. The number of halogens is 2. The van der Waals surface area contributed by atoms with Gasteiger partial charge >= 0.3 is 0 Å². The van der Waals surface area contributed by atoms with Gasteiger partial charge in [0.1, 0.15) is 16.5 Å². The molecule has 8 nitrogen and oxygen atoms in total. The number of carbonyl (C=O) groups is 1. The molecule has 2 aromatic carbocycles. The summed E-state index contributed by atoms with van der Waals surface area (Å²) in [5.41, 5.74) is -0.0508. The number of sulfonamides is 1. The molecule has 1 amide bonds. The fraction of sp³-hybridized carbons (Fsp3) is 0.0556. The molecular weight excluding hydrogens is 423 g/mol. The summed E-state index contributed by atoms with van der Waals surface area (Å²) in [6.45, 7) is 1.21. The Morgan fingerprint density at radius 3 is 2.59 bits per heavy atom. The van der Waals surface area contributed by atoms with Gasteiger partial charge in [-0.1, -0.05) is 29.8 Å². The van der Waals surface area contributed by atoms with E-state index in [1.54, 1.807) is 24.3 Å². The van der Waals surface area contributed by atoms with Crippen molar-refractivity contribution in [1.29, 1.82) is 0 Å². The Labute approximate surface area is 170 Å². The minimum absolute atomic E-state index is 0.0508. The highest BCUT2D eigenvalue weighted by Crippen LogP contribution is 2.29. The fourth-order valence-electron chi connectivity index (χ4n) is 2.25. The van der Waals surface area contributed by atoms with Crippen LogP contribution in [0.2, 0.25) is 5.02 Å². The van der Waals surface area contributed by atoms with Crippen LogP contribution in [0.4, 0.5) is 16.0 Å². The average molecular weight is 437 g/mol. The first-order chi connectivity index (χ1) is 13.7. The number of nitrogens with zero attached hydrogens (tertiary/aromatic N) is 2. The van der Waals surface area contributed by atoms with Gasteiger partial charge in [0.2, 0.25) is 17.7 Å². The first kappa shape index (κ1) is 20.5. The normalized spacial score (nSPS) is 11.0. The lowest BCUT2D eigenvalue weighted by Gasteiger charge is -2.11. The lowest BCUT2D eigenvalue weighted by atomic mass is 10.3. The Morgan fingerprint density at radius 2 is 1.90 bits per heavy atom. The van der Waals surface area contributed by atoms with Crippen molar-refractivity contribution in [2.45, 2.75) is 11.8 Å². The summed E-state index contributed by atoms with van der Waals surface area (Å²) >= 11 is 5.95. The lowest BCUT2D eigenvalue weighted by Crippen LogP contribution is -2.17. The van der Waals surface area contributed by atoms with Crippen LogP contribution >= 0.6 is 11.6 Å². The monoisotopic (exact) mass is 436 g/mol. The van der Waals surface area contributed by atoms with E-state index in [1.165, 1.54) is 19.2 Å². The quantitative estimate of drug-likeness (QED) is 0.607. The molecule has 0 radical (unpaired) electrons. The fourth-order valence-corrected chi connectivity index (χ4v) is 3.57. The van der Waals surface area contributed by atoms with Gasteiger partial charge in [-0.2, -0.15) is 4.98 Å². The van der Waals surface area contributed by atoms with Gasteiger partial charge in [0.15, 0.2) is 0 Å². The highest BCUT2D eigenvalue weighted by Gasteiger charge is 2.23. The molecule has 1 aromatic heterocycles. The number of anilines is 2. The molecule has 0 aliphatic rings.